The van der Waals surface area contributed by atoms with Crippen LogP contribution in [0.4, 0.5) is 0 Å². The van der Waals surface area contributed by atoms with E-state index in [0.29, 0.717) is 16.2 Å². The Labute approximate surface area is 128 Å². The molecule has 114 valence electrons. The van der Waals surface area contributed by atoms with E-state index in [1.165, 1.54) is 35.1 Å². The Balaban J connectivity index is 4.84. The first-order chi connectivity index (χ1) is 8.47. The van der Waals surface area contributed by atoms with Crippen molar-refractivity contribution in [2.45, 2.75) is 97.4 Å². The third-order valence-corrected chi connectivity index (χ3v) is 10.4. The van der Waals surface area contributed by atoms with E-state index >= 15 is 0 Å². The molecule has 0 aromatic rings. The predicted molar refractivity (Wildman–Crippen MR) is 92.4 cm³/mol. The molecule has 0 saturated carbocycles. The van der Waals surface area contributed by atoms with Crippen molar-refractivity contribution in [2.24, 2.45) is 16.2 Å². The molecule has 0 unspecified atom stereocenters. The lowest BCUT2D eigenvalue weighted by Crippen LogP contribution is -2.32. The molecule has 19 heavy (non-hydrogen) atoms. The van der Waals surface area contributed by atoms with Crippen molar-refractivity contribution in [2.75, 3.05) is 0 Å². The topological polar surface area (TPSA) is 0 Å². The van der Waals surface area contributed by atoms with E-state index in [0.717, 1.165) is 0 Å². The highest BCUT2D eigenvalue weighted by Gasteiger charge is 2.34. The first-order valence-electron chi connectivity index (χ1n) is 8.47. The SMILES string of the molecule is CCC(C)(C)[CH2][Al]([CH2]C(C)(C)CC)[CH2]C(C)(C)CC. The fourth-order valence-electron chi connectivity index (χ4n) is 2.99. The second-order valence-electron chi connectivity index (χ2n) is 9.03. The monoisotopic (exact) mass is 282 g/mol. The van der Waals surface area contributed by atoms with Gasteiger partial charge in [0.2, 0.25) is 0 Å². The van der Waals surface area contributed by atoms with E-state index in [-0.39, 0.29) is 0 Å². The molecule has 0 nitrogen and oxygen atoms in total. The van der Waals surface area contributed by atoms with Crippen LogP contribution in [0, 0.1) is 16.2 Å². The van der Waals surface area contributed by atoms with Crippen molar-refractivity contribution in [1.82, 2.24) is 0 Å². The molecule has 0 heterocycles. The molecule has 0 atom stereocenters. The zero-order chi connectivity index (χ0) is 15.3. The molecule has 0 aromatic carbocycles. The Morgan fingerprint density at radius 2 is 0.737 bits per heavy atom. The van der Waals surface area contributed by atoms with Crippen LogP contribution in [0.3, 0.4) is 0 Å². The van der Waals surface area contributed by atoms with E-state index in [2.05, 4.69) is 62.3 Å². The van der Waals surface area contributed by atoms with Crippen LogP contribution < -0.4 is 0 Å². The summed E-state index contributed by atoms with van der Waals surface area (Å²) in [5.74, 6) is 0. The fraction of sp³-hybridized carbons (Fsp3) is 1.00. The van der Waals surface area contributed by atoms with Crippen LogP contribution in [0.5, 0.6) is 0 Å². The van der Waals surface area contributed by atoms with Gasteiger partial charge < -0.3 is 0 Å². The van der Waals surface area contributed by atoms with Crippen LogP contribution >= 0.6 is 0 Å². The van der Waals surface area contributed by atoms with Gasteiger partial charge in [0, 0.05) is 0 Å². The standard InChI is InChI=1S/3C6H13.Al/c3*1-5-6(2,3)4;/h3*2,5H2,1,3-4H3;. The van der Waals surface area contributed by atoms with Gasteiger partial charge in [0.1, 0.15) is 0 Å². The molecule has 0 amide bonds. The van der Waals surface area contributed by atoms with Crippen LogP contribution in [0.15, 0.2) is 0 Å². The van der Waals surface area contributed by atoms with Crippen LogP contribution in [0.2, 0.25) is 15.8 Å². The highest BCUT2D eigenvalue weighted by molar-refractivity contribution is 6.59. The highest BCUT2D eigenvalue weighted by atomic mass is 27.2. The maximum Gasteiger partial charge on any atom is 0.263 e. The number of hydrogen-bond acceptors (Lipinski definition) is 0. The molecule has 0 radical (unpaired) electrons. The zero-order valence-electron chi connectivity index (χ0n) is 15.3. The molecule has 0 spiro atoms. The minimum Gasteiger partial charge on any atom is -0.0887 e. The van der Waals surface area contributed by atoms with Crippen molar-refractivity contribution >= 4 is 14.1 Å². The fourth-order valence-corrected chi connectivity index (χ4v) is 8.98. The van der Waals surface area contributed by atoms with Crippen molar-refractivity contribution in [3.8, 4) is 0 Å². The summed E-state index contributed by atoms with van der Waals surface area (Å²) in [6, 6.07) is 0. The van der Waals surface area contributed by atoms with E-state index < -0.39 is 14.1 Å². The van der Waals surface area contributed by atoms with Crippen molar-refractivity contribution in [3.05, 3.63) is 0 Å². The van der Waals surface area contributed by atoms with Crippen molar-refractivity contribution in [3.63, 3.8) is 0 Å². The molecule has 0 rings (SSSR count). The smallest absolute Gasteiger partial charge is 0.0887 e. The second-order valence-corrected chi connectivity index (χ2v) is 12.0. The summed E-state index contributed by atoms with van der Waals surface area (Å²) in [6.45, 7) is 21.9. The Morgan fingerprint density at radius 3 is 0.895 bits per heavy atom. The average molecular weight is 282 g/mol. The van der Waals surface area contributed by atoms with Gasteiger partial charge in [-0.05, 0) is 16.2 Å². The summed E-state index contributed by atoms with van der Waals surface area (Å²) in [7, 11) is 0. The summed E-state index contributed by atoms with van der Waals surface area (Å²) in [4.78, 5) is 0. The quantitative estimate of drug-likeness (QED) is 0.408. The molecule has 0 bridgehead atoms. The average Bonchev–Trinajstić information content (AvgIpc) is 2.27. The summed E-state index contributed by atoms with van der Waals surface area (Å²) in [5.41, 5.74) is 1.68. The largest absolute Gasteiger partial charge is 0.263 e. The maximum absolute atomic E-state index is 2.48. The normalized spacial score (nSPS) is 13.7. The second kappa shape index (κ2) is 7.52. The Morgan fingerprint density at radius 1 is 0.526 bits per heavy atom. The van der Waals surface area contributed by atoms with Gasteiger partial charge in [0.25, 0.3) is 14.1 Å². The van der Waals surface area contributed by atoms with Gasteiger partial charge >= 0.3 is 0 Å². The summed E-state index contributed by atoms with van der Waals surface area (Å²) in [6.07, 6.45) is 3.99. The Hall–Kier alpha value is 0.532. The van der Waals surface area contributed by atoms with E-state index in [9.17, 15) is 0 Å². The minimum absolute atomic E-state index is 0.560. The molecule has 0 N–H and O–H groups in total. The molecule has 0 aromatic heterocycles. The molecular formula is C18H39Al. The summed E-state index contributed by atoms with van der Waals surface area (Å²) < 4.78 is 0. The van der Waals surface area contributed by atoms with Gasteiger partial charge in [-0.3, -0.25) is 0 Å². The van der Waals surface area contributed by atoms with Gasteiger partial charge in [0.05, 0.1) is 0 Å². The highest BCUT2D eigenvalue weighted by Crippen LogP contribution is 2.39. The first-order valence-corrected chi connectivity index (χ1v) is 10.9. The third kappa shape index (κ3) is 8.42. The molecular weight excluding hydrogens is 243 g/mol. The molecule has 0 aliphatic carbocycles. The molecule has 0 fully saturated rings. The van der Waals surface area contributed by atoms with Gasteiger partial charge in [-0.1, -0.05) is 97.4 Å². The van der Waals surface area contributed by atoms with E-state index in [1.54, 1.807) is 0 Å². The summed E-state index contributed by atoms with van der Waals surface area (Å²) >= 11 is -0.662. The number of hydrogen-bond donors (Lipinski definition) is 0. The van der Waals surface area contributed by atoms with Crippen molar-refractivity contribution < 1.29 is 0 Å². The van der Waals surface area contributed by atoms with Gasteiger partial charge in [-0.15, -0.1) is 0 Å². The molecule has 0 aliphatic rings. The molecule has 0 saturated heterocycles. The van der Waals surface area contributed by atoms with Crippen LogP contribution in [-0.4, -0.2) is 14.1 Å². The lowest BCUT2D eigenvalue weighted by atomic mass is 9.92. The van der Waals surface area contributed by atoms with Gasteiger partial charge in [0.15, 0.2) is 0 Å². The van der Waals surface area contributed by atoms with Gasteiger partial charge in [-0.2, -0.15) is 0 Å². The minimum atomic E-state index is -0.662. The molecule has 0 aliphatic heterocycles. The maximum atomic E-state index is 2.48. The lowest BCUT2D eigenvalue weighted by molar-refractivity contribution is 0.353. The molecule has 1 heteroatoms. The van der Waals surface area contributed by atoms with Crippen LogP contribution in [0.25, 0.3) is 0 Å². The first kappa shape index (κ1) is 19.5. The van der Waals surface area contributed by atoms with E-state index in [1.807, 2.05) is 0 Å². The van der Waals surface area contributed by atoms with Crippen LogP contribution in [-0.2, 0) is 0 Å². The predicted octanol–water partition coefficient (Wildman–Crippen LogP) is 6.79. The third-order valence-electron chi connectivity index (χ3n) is 5.40. The summed E-state index contributed by atoms with van der Waals surface area (Å²) in [5, 5.41) is 4.57. The van der Waals surface area contributed by atoms with Crippen molar-refractivity contribution in [1.29, 1.82) is 0 Å². The Kier molecular flexibility index (Phi) is 7.73. The Bertz CT molecular complexity index is 208. The number of rotatable bonds is 9. The van der Waals surface area contributed by atoms with Gasteiger partial charge in [-0.25, -0.2) is 0 Å². The lowest BCUT2D eigenvalue weighted by Gasteiger charge is -2.35. The van der Waals surface area contributed by atoms with Crippen LogP contribution in [0.1, 0.15) is 81.6 Å². The van der Waals surface area contributed by atoms with E-state index in [4.69, 9.17) is 0 Å². The zero-order valence-corrected chi connectivity index (χ0v) is 16.5.